The van der Waals surface area contributed by atoms with Crippen molar-refractivity contribution < 1.29 is 9.53 Å². The van der Waals surface area contributed by atoms with E-state index in [4.69, 9.17) is 16.3 Å². The van der Waals surface area contributed by atoms with Crippen molar-refractivity contribution in [3.8, 4) is 5.75 Å². The molecule has 0 bridgehead atoms. The predicted octanol–water partition coefficient (Wildman–Crippen LogP) is 4.93. The molecule has 0 saturated heterocycles. The minimum Gasteiger partial charge on any atom is -0.497 e. The maximum absolute atomic E-state index is 12.1. The van der Waals surface area contributed by atoms with E-state index in [2.05, 4.69) is 5.32 Å². The van der Waals surface area contributed by atoms with Crippen LogP contribution in [-0.2, 0) is 4.79 Å². The first kappa shape index (κ1) is 17.1. The molecule has 0 heterocycles. The van der Waals surface area contributed by atoms with Crippen LogP contribution in [0, 0.1) is 20.8 Å². The van der Waals surface area contributed by atoms with Crippen molar-refractivity contribution in [1.82, 2.24) is 0 Å². The second-order valence-electron chi connectivity index (χ2n) is 5.46. The first-order chi connectivity index (χ1) is 10.9. The second kappa shape index (κ2) is 7.34. The zero-order chi connectivity index (χ0) is 17.0. The van der Waals surface area contributed by atoms with Crippen molar-refractivity contribution in [2.24, 2.45) is 0 Å². The molecule has 0 saturated carbocycles. The van der Waals surface area contributed by atoms with Gasteiger partial charge in [-0.15, -0.1) is 0 Å². The number of hydrogen-bond acceptors (Lipinski definition) is 2. The van der Waals surface area contributed by atoms with E-state index in [1.54, 1.807) is 19.2 Å². The fraction of sp³-hybridized carbons (Fsp3) is 0.211. The maximum atomic E-state index is 12.1. The number of hydrogen-bond donors (Lipinski definition) is 1. The topological polar surface area (TPSA) is 38.3 Å². The minimum absolute atomic E-state index is 0.176. The number of amides is 1. The number of anilines is 1. The van der Waals surface area contributed by atoms with Crippen LogP contribution in [0.2, 0.25) is 5.02 Å². The Labute approximate surface area is 141 Å². The summed E-state index contributed by atoms with van der Waals surface area (Å²) < 4.78 is 5.24. The molecule has 2 aromatic rings. The Hall–Kier alpha value is -2.26. The SMILES string of the molecule is COc1cc(C)c(/C=C/C(=O)Nc2ccc(Cl)cc2C)c(C)c1. The minimum atomic E-state index is -0.176. The Bertz CT molecular complexity index is 743. The summed E-state index contributed by atoms with van der Waals surface area (Å²) in [7, 11) is 1.64. The highest BCUT2D eigenvalue weighted by molar-refractivity contribution is 6.30. The van der Waals surface area contributed by atoms with Gasteiger partial charge in [-0.05, 0) is 79.4 Å². The number of carbonyl (C=O) groups excluding carboxylic acids is 1. The molecule has 0 spiro atoms. The first-order valence-electron chi connectivity index (χ1n) is 7.31. The first-order valence-corrected chi connectivity index (χ1v) is 7.69. The van der Waals surface area contributed by atoms with Crippen LogP contribution in [0.3, 0.4) is 0 Å². The molecular weight excluding hydrogens is 310 g/mol. The average molecular weight is 330 g/mol. The number of nitrogens with one attached hydrogen (secondary N) is 1. The van der Waals surface area contributed by atoms with Crippen LogP contribution in [-0.4, -0.2) is 13.0 Å². The van der Waals surface area contributed by atoms with Crippen molar-refractivity contribution in [3.05, 3.63) is 63.7 Å². The third-order valence-electron chi connectivity index (χ3n) is 3.65. The molecule has 0 unspecified atom stereocenters. The van der Waals surface area contributed by atoms with Crippen LogP contribution in [0.15, 0.2) is 36.4 Å². The third kappa shape index (κ3) is 4.36. The van der Waals surface area contributed by atoms with Gasteiger partial charge in [0.15, 0.2) is 0 Å². The lowest BCUT2D eigenvalue weighted by atomic mass is 10.0. The number of ether oxygens (including phenoxy) is 1. The van der Waals surface area contributed by atoms with Gasteiger partial charge in [-0.3, -0.25) is 4.79 Å². The zero-order valence-corrected chi connectivity index (χ0v) is 14.5. The molecule has 0 atom stereocenters. The van der Waals surface area contributed by atoms with Gasteiger partial charge < -0.3 is 10.1 Å². The smallest absolute Gasteiger partial charge is 0.248 e. The van der Waals surface area contributed by atoms with Crippen LogP contribution in [0.5, 0.6) is 5.75 Å². The Balaban J connectivity index is 2.15. The molecule has 1 amide bonds. The van der Waals surface area contributed by atoms with Crippen LogP contribution in [0.4, 0.5) is 5.69 Å². The summed E-state index contributed by atoms with van der Waals surface area (Å²) in [6.45, 7) is 5.90. The molecule has 2 rings (SSSR count). The van der Waals surface area contributed by atoms with Crippen LogP contribution in [0.1, 0.15) is 22.3 Å². The normalized spacial score (nSPS) is 10.8. The summed E-state index contributed by atoms with van der Waals surface area (Å²) in [5.41, 5.74) is 4.83. The van der Waals surface area contributed by atoms with E-state index in [9.17, 15) is 4.79 Å². The van der Waals surface area contributed by atoms with Crippen LogP contribution >= 0.6 is 11.6 Å². The zero-order valence-electron chi connectivity index (χ0n) is 13.7. The third-order valence-corrected chi connectivity index (χ3v) is 3.89. The summed E-state index contributed by atoms with van der Waals surface area (Å²) in [6.07, 6.45) is 3.36. The summed E-state index contributed by atoms with van der Waals surface area (Å²) >= 11 is 5.92. The lowest BCUT2D eigenvalue weighted by molar-refractivity contribution is -0.111. The summed E-state index contributed by atoms with van der Waals surface area (Å²) in [5, 5.41) is 3.51. The number of rotatable bonds is 4. The summed E-state index contributed by atoms with van der Waals surface area (Å²) in [6, 6.07) is 9.28. The molecule has 0 aliphatic rings. The van der Waals surface area contributed by atoms with Gasteiger partial charge in [-0.1, -0.05) is 11.6 Å². The van der Waals surface area contributed by atoms with E-state index >= 15 is 0 Å². The highest BCUT2D eigenvalue weighted by Gasteiger charge is 2.05. The fourth-order valence-electron chi connectivity index (χ4n) is 2.42. The second-order valence-corrected chi connectivity index (χ2v) is 5.89. The van der Waals surface area contributed by atoms with Crippen molar-refractivity contribution in [2.45, 2.75) is 20.8 Å². The van der Waals surface area contributed by atoms with Gasteiger partial charge in [0.25, 0.3) is 0 Å². The largest absolute Gasteiger partial charge is 0.497 e. The van der Waals surface area contributed by atoms with Gasteiger partial charge >= 0.3 is 0 Å². The Kier molecular flexibility index (Phi) is 5.45. The van der Waals surface area contributed by atoms with E-state index in [-0.39, 0.29) is 5.91 Å². The van der Waals surface area contributed by atoms with Gasteiger partial charge in [0, 0.05) is 16.8 Å². The Morgan fingerprint density at radius 1 is 1.09 bits per heavy atom. The molecule has 23 heavy (non-hydrogen) atoms. The predicted molar refractivity (Wildman–Crippen MR) is 96.3 cm³/mol. The van der Waals surface area contributed by atoms with Gasteiger partial charge in [0.1, 0.15) is 5.75 Å². The number of benzene rings is 2. The molecule has 0 fully saturated rings. The molecule has 0 aromatic heterocycles. The molecule has 2 aromatic carbocycles. The summed E-state index contributed by atoms with van der Waals surface area (Å²) in [4.78, 5) is 12.1. The number of methoxy groups -OCH3 is 1. The van der Waals surface area contributed by atoms with Gasteiger partial charge in [-0.25, -0.2) is 0 Å². The average Bonchev–Trinajstić information content (AvgIpc) is 2.49. The van der Waals surface area contributed by atoms with Gasteiger partial charge in [0.2, 0.25) is 5.91 Å². The molecule has 0 radical (unpaired) electrons. The van der Waals surface area contributed by atoms with E-state index in [0.717, 1.165) is 33.7 Å². The standard InChI is InChI=1S/C19H20ClNO2/c1-12-10-16(23-4)11-13(2)17(12)6-8-19(22)21-18-7-5-15(20)9-14(18)3/h5-11H,1-4H3,(H,21,22)/b8-6+. The van der Waals surface area contributed by atoms with Crippen molar-refractivity contribution in [1.29, 1.82) is 0 Å². The number of aryl methyl sites for hydroxylation is 3. The van der Waals surface area contributed by atoms with E-state index in [0.29, 0.717) is 5.02 Å². The van der Waals surface area contributed by atoms with Crippen molar-refractivity contribution >= 4 is 29.3 Å². The molecule has 1 N–H and O–H groups in total. The van der Waals surface area contributed by atoms with E-state index in [1.165, 1.54) is 6.08 Å². The summed E-state index contributed by atoms with van der Waals surface area (Å²) in [5.74, 6) is 0.642. The van der Waals surface area contributed by atoms with Crippen molar-refractivity contribution in [3.63, 3.8) is 0 Å². The highest BCUT2D eigenvalue weighted by Crippen LogP contribution is 2.23. The quantitative estimate of drug-likeness (QED) is 0.808. The fourth-order valence-corrected chi connectivity index (χ4v) is 2.64. The van der Waals surface area contributed by atoms with Gasteiger partial charge in [0.05, 0.1) is 7.11 Å². The number of carbonyl (C=O) groups is 1. The van der Waals surface area contributed by atoms with E-state index < -0.39 is 0 Å². The highest BCUT2D eigenvalue weighted by atomic mass is 35.5. The number of halogens is 1. The van der Waals surface area contributed by atoms with E-state index in [1.807, 2.05) is 45.0 Å². The van der Waals surface area contributed by atoms with Gasteiger partial charge in [-0.2, -0.15) is 0 Å². The molecular formula is C19H20ClNO2. The maximum Gasteiger partial charge on any atom is 0.248 e. The van der Waals surface area contributed by atoms with Crippen LogP contribution < -0.4 is 10.1 Å². The molecule has 0 aliphatic heterocycles. The Morgan fingerprint density at radius 3 is 2.30 bits per heavy atom. The van der Waals surface area contributed by atoms with Crippen molar-refractivity contribution in [2.75, 3.05) is 12.4 Å². The Morgan fingerprint density at radius 2 is 1.74 bits per heavy atom. The molecule has 120 valence electrons. The lowest BCUT2D eigenvalue weighted by Crippen LogP contribution is -2.09. The molecule has 0 aliphatic carbocycles. The molecule has 3 nitrogen and oxygen atoms in total. The monoisotopic (exact) mass is 329 g/mol. The lowest BCUT2D eigenvalue weighted by Gasteiger charge is -2.09. The molecule has 4 heteroatoms. The van der Waals surface area contributed by atoms with Crippen LogP contribution in [0.25, 0.3) is 6.08 Å².